The molecule has 1 atom stereocenters. The summed E-state index contributed by atoms with van der Waals surface area (Å²) in [6.45, 7) is 2.15. The van der Waals surface area contributed by atoms with Gasteiger partial charge in [-0.1, -0.05) is 13.3 Å². The van der Waals surface area contributed by atoms with Crippen LogP contribution in [0.5, 0.6) is 5.75 Å². The van der Waals surface area contributed by atoms with E-state index in [2.05, 4.69) is 5.32 Å². The number of amides is 1. The van der Waals surface area contributed by atoms with Crippen molar-refractivity contribution in [2.45, 2.75) is 24.7 Å². The molecule has 0 aliphatic rings. The van der Waals surface area contributed by atoms with Crippen LogP contribution in [0.3, 0.4) is 0 Å². The predicted octanol–water partition coefficient (Wildman–Crippen LogP) is 1.11. The van der Waals surface area contributed by atoms with Gasteiger partial charge in [-0.25, -0.2) is 8.42 Å². The summed E-state index contributed by atoms with van der Waals surface area (Å²) in [6.07, 6.45) is 1.45. The lowest BCUT2D eigenvalue weighted by Crippen LogP contribution is -2.29. The Balaban J connectivity index is 2.85. The zero-order valence-corrected chi connectivity index (χ0v) is 11.5. The molecule has 1 amide bonds. The number of hydrogen-bond acceptors (Lipinski definition) is 4. The SMILES string of the molecule is CCC[C@@H](CN)C(=O)Nc1ccc([SH](=O)=O)cc1[O]. The van der Waals surface area contributed by atoms with E-state index in [4.69, 9.17) is 5.73 Å². The Kier molecular flexibility index (Phi) is 5.78. The van der Waals surface area contributed by atoms with Gasteiger partial charge >= 0.3 is 0 Å². The fourth-order valence-corrected chi connectivity index (χ4v) is 2.09. The molecule has 1 aromatic rings. The number of carbonyl (C=O) groups is 1. The second-order valence-electron chi connectivity index (χ2n) is 4.15. The third-order valence-corrected chi connectivity index (χ3v) is 3.43. The predicted molar refractivity (Wildman–Crippen MR) is 71.2 cm³/mol. The van der Waals surface area contributed by atoms with E-state index in [1.165, 1.54) is 12.1 Å². The second-order valence-corrected chi connectivity index (χ2v) is 5.18. The fourth-order valence-electron chi connectivity index (χ4n) is 1.67. The van der Waals surface area contributed by atoms with E-state index in [0.29, 0.717) is 6.42 Å². The Hall–Kier alpha value is -1.60. The van der Waals surface area contributed by atoms with E-state index in [1.807, 2.05) is 6.92 Å². The van der Waals surface area contributed by atoms with Crippen molar-refractivity contribution >= 4 is 22.3 Å². The highest BCUT2D eigenvalue weighted by molar-refractivity contribution is 7.72. The molecule has 105 valence electrons. The van der Waals surface area contributed by atoms with Crippen LogP contribution in [0.25, 0.3) is 0 Å². The zero-order chi connectivity index (χ0) is 14.4. The van der Waals surface area contributed by atoms with Crippen LogP contribution in [-0.4, -0.2) is 20.9 Å². The maximum Gasteiger partial charge on any atom is 0.228 e. The second kappa shape index (κ2) is 7.10. The molecular formula is C12H17N2O4S. The summed E-state index contributed by atoms with van der Waals surface area (Å²) in [5.41, 5.74) is 5.57. The van der Waals surface area contributed by atoms with E-state index < -0.39 is 16.5 Å². The molecule has 1 radical (unpaired) electrons. The largest absolute Gasteiger partial charge is 0.330 e. The van der Waals surface area contributed by atoms with E-state index in [0.717, 1.165) is 12.5 Å². The highest BCUT2D eigenvalue weighted by Crippen LogP contribution is 2.26. The van der Waals surface area contributed by atoms with Gasteiger partial charge in [-0.15, -0.1) is 0 Å². The lowest BCUT2D eigenvalue weighted by molar-refractivity contribution is -0.119. The standard InChI is InChI=1S/C12H17N2O4S/c1-2-3-8(7-13)12(16)14-10-5-4-9(19(17)18)6-11(10)15/h4-6,8,19H,2-3,7,13H2,1H3,(H,14,16)/t8-/m0/s1. The minimum atomic E-state index is -2.80. The first-order chi connectivity index (χ1) is 8.99. The first-order valence-corrected chi connectivity index (χ1v) is 7.13. The van der Waals surface area contributed by atoms with Gasteiger partial charge in [0.1, 0.15) is 0 Å². The lowest BCUT2D eigenvalue weighted by atomic mass is 10.0. The topological polar surface area (TPSA) is 109 Å². The van der Waals surface area contributed by atoms with Crippen LogP contribution in [0.2, 0.25) is 0 Å². The summed E-state index contributed by atoms with van der Waals surface area (Å²) in [7, 11) is -2.80. The highest BCUT2D eigenvalue weighted by atomic mass is 32.2. The summed E-state index contributed by atoms with van der Waals surface area (Å²) in [5.74, 6) is -1.20. The molecule has 0 spiro atoms. The molecule has 0 saturated carbocycles. The van der Waals surface area contributed by atoms with Gasteiger partial charge in [0, 0.05) is 12.6 Å². The zero-order valence-electron chi connectivity index (χ0n) is 10.6. The molecule has 0 unspecified atom stereocenters. The van der Waals surface area contributed by atoms with Gasteiger partial charge < -0.3 is 11.1 Å². The molecule has 0 aliphatic heterocycles. The van der Waals surface area contributed by atoms with Crippen LogP contribution in [-0.2, 0) is 20.6 Å². The van der Waals surface area contributed by atoms with Gasteiger partial charge in [-0.3, -0.25) is 9.90 Å². The Morgan fingerprint density at radius 1 is 1.42 bits per heavy atom. The third kappa shape index (κ3) is 4.22. The van der Waals surface area contributed by atoms with Crippen LogP contribution in [0.1, 0.15) is 19.8 Å². The third-order valence-electron chi connectivity index (χ3n) is 2.73. The minimum absolute atomic E-state index is 0.0677. The van der Waals surface area contributed by atoms with Gasteiger partial charge in [0.05, 0.1) is 16.5 Å². The van der Waals surface area contributed by atoms with Crippen molar-refractivity contribution in [2.75, 3.05) is 11.9 Å². The quantitative estimate of drug-likeness (QED) is 0.680. The molecule has 1 rings (SSSR count). The molecule has 7 heteroatoms. The number of hydrogen-bond donors (Lipinski definition) is 3. The van der Waals surface area contributed by atoms with Crippen molar-refractivity contribution in [1.82, 2.24) is 0 Å². The van der Waals surface area contributed by atoms with Gasteiger partial charge in [0.25, 0.3) is 0 Å². The number of nitrogens with two attached hydrogens (primary N) is 1. The Bertz CT molecular complexity index is 520. The molecule has 19 heavy (non-hydrogen) atoms. The number of rotatable bonds is 6. The smallest absolute Gasteiger partial charge is 0.228 e. The number of nitrogens with one attached hydrogen (secondary N) is 1. The molecule has 0 fully saturated rings. The molecule has 6 nitrogen and oxygen atoms in total. The first kappa shape index (κ1) is 15.5. The summed E-state index contributed by atoms with van der Waals surface area (Å²) in [6, 6.07) is 3.55. The lowest BCUT2D eigenvalue weighted by Gasteiger charge is -2.14. The summed E-state index contributed by atoms with van der Waals surface area (Å²) < 4.78 is 21.4. The van der Waals surface area contributed by atoms with Crippen LogP contribution >= 0.6 is 0 Å². The molecule has 3 N–H and O–H groups in total. The van der Waals surface area contributed by atoms with Gasteiger partial charge in [-0.05, 0) is 18.6 Å². The Morgan fingerprint density at radius 3 is 2.58 bits per heavy atom. The molecule has 0 aromatic heterocycles. The van der Waals surface area contributed by atoms with Crippen LogP contribution in [0, 0.1) is 5.92 Å². The summed E-state index contributed by atoms with van der Waals surface area (Å²) >= 11 is 0. The van der Waals surface area contributed by atoms with Crippen molar-refractivity contribution in [3.63, 3.8) is 0 Å². The van der Waals surface area contributed by atoms with Gasteiger partial charge in [0.15, 0.2) is 10.7 Å². The molecule has 1 aromatic carbocycles. The van der Waals surface area contributed by atoms with Gasteiger partial charge in [-0.2, -0.15) is 0 Å². The number of benzene rings is 1. The normalized spacial score (nSPS) is 12.4. The molecule has 0 saturated heterocycles. The van der Waals surface area contributed by atoms with Crippen molar-refractivity contribution < 1.29 is 18.3 Å². The van der Waals surface area contributed by atoms with E-state index in [9.17, 15) is 18.3 Å². The fraction of sp³-hybridized carbons (Fsp3) is 0.417. The maximum atomic E-state index is 11.9. The average Bonchev–Trinajstić information content (AvgIpc) is 2.37. The Morgan fingerprint density at radius 2 is 2.11 bits per heavy atom. The summed E-state index contributed by atoms with van der Waals surface area (Å²) in [5, 5.41) is 14.1. The van der Waals surface area contributed by atoms with Crippen molar-refractivity contribution in [3.05, 3.63) is 18.2 Å². The number of anilines is 1. The van der Waals surface area contributed by atoms with Crippen LogP contribution in [0.4, 0.5) is 5.69 Å². The molecule has 0 bridgehead atoms. The maximum absolute atomic E-state index is 11.9. The van der Waals surface area contributed by atoms with Crippen LogP contribution in [0.15, 0.2) is 23.1 Å². The van der Waals surface area contributed by atoms with Crippen molar-refractivity contribution in [2.24, 2.45) is 11.7 Å². The monoisotopic (exact) mass is 285 g/mol. The number of thiol groups is 1. The summed E-state index contributed by atoms with van der Waals surface area (Å²) in [4.78, 5) is 11.8. The van der Waals surface area contributed by atoms with E-state index in [-0.39, 0.29) is 29.0 Å². The van der Waals surface area contributed by atoms with Crippen LogP contribution < -0.4 is 11.1 Å². The Labute approximate surface area is 113 Å². The molecular weight excluding hydrogens is 268 g/mol. The van der Waals surface area contributed by atoms with E-state index in [1.54, 1.807) is 0 Å². The molecule has 0 heterocycles. The minimum Gasteiger partial charge on any atom is -0.330 e. The first-order valence-electron chi connectivity index (χ1n) is 5.96. The van der Waals surface area contributed by atoms with Gasteiger partial charge in [0.2, 0.25) is 11.7 Å². The van der Waals surface area contributed by atoms with Crippen molar-refractivity contribution in [1.29, 1.82) is 0 Å². The highest BCUT2D eigenvalue weighted by Gasteiger charge is 2.17. The average molecular weight is 285 g/mol. The number of carbonyl (C=O) groups excluding carboxylic acids is 1. The van der Waals surface area contributed by atoms with Crippen molar-refractivity contribution in [3.8, 4) is 5.75 Å². The van der Waals surface area contributed by atoms with E-state index >= 15 is 0 Å². The molecule has 0 aliphatic carbocycles.